The van der Waals surface area contributed by atoms with Crippen LogP contribution in [0.15, 0.2) is 24.3 Å². The fraction of sp³-hybridized carbons (Fsp3) is 0.556. The van der Waals surface area contributed by atoms with Gasteiger partial charge in [-0.05, 0) is 18.6 Å². The summed E-state index contributed by atoms with van der Waals surface area (Å²) >= 11 is 0. The molecule has 1 rings (SSSR count). The van der Waals surface area contributed by atoms with Crippen molar-refractivity contribution in [1.29, 1.82) is 0 Å². The quantitative estimate of drug-likeness (QED) is 0.358. The summed E-state index contributed by atoms with van der Waals surface area (Å²) in [4.78, 5) is 22.8. The second-order valence-corrected chi connectivity index (χ2v) is 5.39. The van der Waals surface area contributed by atoms with Crippen LogP contribution in [0.5, 0.6) is 11.5 Å². The number of esters is 2. The topological polar surface area (TPSA) is 52.6 Å². The average Bonchev–Trinajstić information content (AvgIpc) is 2.48. The van der Waals surface area contributed by atoms with Crippen molar-refractivity contribution in [2.24, 2.45) is 0 Å². The van der Waals surface area contributed by atoms with E-state index in [0.717, 1.165) is 19.3 Å². The van der Waals surface area contributed by atoms with Gasteiger partial charge >= 0.3 is 11.9 Å². The predicted octanol–water partition coefficient (Wildman–Crippen LogP) is 4.66. The van der Waals surface area contributed by atoms with E-state index in [2.05, 4.69) is 6.92 Å². The van der Waals surface area contributed by atoms with Gasteiger partial charge in [-0.15, -0.1) is 0 Å². The molecule has 0 saturated heterocycles. The van der Waals surface area contributed by atoms with E-state index >= 15 is 0 Å². The third-order valence-electron chi connectivity index (χ3n) is 3.31. The molecule has 0 heterocycles. The zero-order valence-corrected chi connectivity index (χ0v) is 13.6. The Labute approximate surface area is 132 Å². The number of ether oxygens (including phenoxy) is 2. The zero-order chi connectivity index (χ0) is 16.2. The van der Waals surface area contributed by atoms with E-state index in [9.17, 15) is 9.59 Å². The van der Waals surface area contributed by atoms with Crippen LogP contribution < -0.4 is 9.47 Å². The fourth-order valence-electron chi connectivity index (χ4n) is 2.17. The maximum Gasteiger partial charge on any atom is 0.311 e. The molecule has 0 N–H and O–H groups in total. The molecule has 0 aromatic heterocycles. The maximum atomic E-state index is 11.8. The molecule has 1 aromatic carbocycles. The highest BCUT2D eigenvalue weighted by Gasteiger charge is 2.11. The highest BCUT2D eigenvalue weighted by atomic mass is 16.6. The van der Waals surface area contributed by atoms with Gasteiger partial charge in [0.15, 0.2) is 11.5 Å². The van der Waals surface area contributed by atoms with Crippen molar-refractivity contribution in [3.8, 4) is 11.5 Å². The summed E-state index contributed by atoms with van der Waals surface area (Å²) in [6.07, 6.45) is 8.47. The molecule has 0 fully saturated rings. The lowest BCUT2D eigenvalue weighted by atomic mass is 10.1. The first-order valence-corrected chi connectivity index (χ1v) is 8.11. The van der Waals surface area contributed by atoms with E-state index < -0.39 is 5.97 Å². The van der Waals surface area contributed by atoms with Crippen LogP contribution in [0.3, 0.4) is 0 Å². The minimum atomic E-state index is -0.435. The van der Waals surface area contributed by atoms with Crippen molar-refractivity contribution in [1.82, 2.24) is 0 Å². The van der Waals surface area contributed by atoms with E-state index in [4.69, 9.17) is 9.47 Å². The molecule has 0 bridgehead atoms. The average molecular weight is 306 g/mol. The number of hydrogen-bond acceptors (Lipinski definition) is 4. The molecule has 0 spiro atoms. The van der Waals surface area contributed by atoms with Gasteiger partial charge in [0.2, 0.25) is 0 Å². The number of rotatable bonds is 10. The molecule has 0 aliphatic heterocycles. The molecular formula is C18H26O4. The third-order valence-corrected chi connectivity index (χ3v) is 3.31. The van der Waals surface area contributed by atoms with E-state index in [1.165, 1.54) is 32.6 Å². The number of carbonyl (C=O) groups excluding carboxylic acids is 2. The summed E-state index contributed by atoms with van der Waals surface area (Å²) in [6.45, 7) is 3.51. The first-order chi connectivity index (χ1) is 10.6. The van der Waals surface area contributed by atoms with Crippen LogP contribution in [0, 0.1) is 0 Å². The largest absolute Gasteiger partial charge is 0.423 e. The first kappa shape index (κ1) is 18.2. The lowest BCUT2D eigenvalue weighted by Gasteiger charge is -2.09. The number of benzene rings is 1. The Kier molecular flexibility index (Phi) is 8.96. The van der Waals surface area contributed by atoms with E-state index in [1.54, 1.807) is 24.3 Å². The van der Waals surface area contributed by atoms with Crippen LogP contribution in [0.25, 0.3) is 0 Å². The van der Waals surface area contributed by atoms with Crippen LogP contribution in [0.4, 0.5) is 0 Å². The second-order valence-electron chi connectivity index (χ2n) is 5.39. The Morgan fingerprint density at radius 1 is 0.864 bits per heavy atom. The molecule has 4 heteroatoms. The molecule has 4 nitrogen and oxygen atoms in total. The molecule has 22 heavy (non-hydrogen) atoms. The standard InChI is InChI=1S/C18H26O4/c1-3-4-5-6-7-8-9-14-18(20)22-17-13-11-10-12-16(17)21-15(2)19/h10-13H,3-9,14H2,1-2H3. The monoisotopic (exact) mass is 306 g/mol. The van der Waals surface area contributed by atoms with Gasteiger partial charge in [0.1, 0.15) is 0 Å². The Morgan fingerprint density at radius 3 is 2.00 bits per heavy atom. The van der Waals surface area contributed by atoms with Crippen molar-refractivity contribution in [3.05, 3.63) is 24.3 Å². The van der Waals surface area contributed by atoms with Gasteiger partial charge in [-0.1, -0.05) is 57.6 Å². The second kappa shape index (κ2) is 10.8. The van der Waals surface area contributed by atoms with Crippen LogP contribution in [-0.4, -0.2) is 11.9 Å². The normalized spacial score (nSPS) is 10.3. The lowest BCUT2D eigenvalue weighted by molar-refractivity contribution is -0.136. The van der Waals surface area contributed by atoms with Crippen molar-refractivity contribution in [3.63, 3.8) is 0 Å². The predicted molar refractivity (Wildman–Crippen MR) is 86.0 cm³/mol. The summed E-state index contributed by atoms with van der Waals surface area (Å²) in [5.74, 6) is -0.141. The fourth-order valence-corrected chi connectivity index (χ4v) is 2.17. The Balaban J connectivity index is 2.29. The van der Waals surface area contributed by atoms with Gasteiger partial charge in [-0.3, -0.25) is 9.59 Å². The molecular weight excluding hydrogens is 280 g/mol. The summed E-state index contributed by atoms with van der Waals surface area (Å²) < 4.78 is 10.3. The molecule has 0 unspecified atom stereocenters. The zero-order valence-electron chi connectivity index (χ0n) is 13.6. The first-order valence-electron chi connectivity index (χ1n) is 8.11. The molecule has 122 valence electrons. The smallest absolute Gasteiger partial charge is 0.311 e. The Morgan fingerprint density at radius 2 is 1.41 bits per heavy atom. The maximum absolute atomic E-state index is 11.8. The third kappa shape index (κ3) is 7.81. The van der Waals surface area contributed by atoms with Crippen LogP contribution in [0.2, 0.25) is 0 Å². The van der Waals surface area contributed by atoms with E-state index in [-0.39, 0.29) is 11.7 Å². The number of unbranched alkanes of at least 4 members (excludes halogenated alkanes) is 6. The SMILES string of the molecule is CCCCCCCCCC(=O)Oc1ccccc1OC(C)=O. The van der Waals surface area contributed by atoms with Crippen molar-refractivity contribution in [2.75, 3.05) is 0 Å². The molecule has 0 saturated carbocycles. The number of para-hydroxylation sites is 2. The summed E-state index contributed by atoms with van der Waals surface area (Å²) in [7, 11) is 0. The molecule has 1 aromatic rings. The summed E-state index contributed by atoms with van der Waals surface area (Å²) in [5.41, 5.74) is 0. The van der Waals surface area contributed by atoms with E-state index in [0.29, 0.717) is 12.2 Å². The minimum Gasteiger partial charge on any atom is -0.423 e. The Hall–Kier alpha value is -1.84. The van der Waals surface area contributed by atoms with Crippen molar-refractivity contribution >= 4 is 11.9 Å². The molecule has 0 atom stereocenters. The van der Waals surface area contributed by atoms with E-state index in [1.807, 2.05) is 0 Å². The minimum absolute atomic E-state index is 0.280. The van der Waals surface area contributed by atoms with Gasteiger partial charge in [-0.2, -0.15) is 0 Å². The van der Waals surface area contributed by atoms with Gasteiger partial charge in [-0.25, -0.2) is 0 Å². The van der Waals surface area contributed by atoms with Gasteiger partial charge in [0.25, 0.3) is 0 Å². The lowest BCUT2D eigenvalue weighted by Crippen LogP contribution is -2.10. The summed E-state index contributed by atoms with van der Waals surface area (Å²) in [5, 5.41) is 0. The van der Waals surface area contributed by atoms with Crippen molar-refractivity contribution in [2.45, 2.75) is 65.2 Å². The Bertz CT molecular complexity index is 468. The van der Waals surface area contributed by atoms with Gasteiger partial charge < -0.3 is 9.47 Å². The summed E-state index contributed by atoms with van der Waals surface area (Å²) in [6, 6.07) is 6.70. The molecule has 0 radical (unpaired) electrons. The molecule has 0 amide bonds. The highest BCUT2D eigenvalue weighted by molar-refractivity contribution is 5.75. The molecule has 0 aliphatic rings. The van der Waals surface area contributed by atoms with Crippen LogP contribution >= 0.6 is 0 Å². The van der Waals surface area contributed by atoms with Crippen molar-refractivity contribution < 1.29 is 19.1 Å². The molecule has 0 aliphatic carbocycles. The number of hydrogen-bond donors (Lipinski definition) is 0. The van der Waals surface area contributed by atoms with Crippen LogP contribution in [-0.2, 0) is 9.59 Å². The highest BCUT2D eigenvalue weighted by Crippen LogP contribution is 2.27. The van der Waals surface area contributed by atoms with Gasteiger partial charge in [0, 0.05) is 13.3 Å². The van der Waals surface area contributed by atoms with Gasteiger partial charge in [0.05, 0.1) is 0 Å². The van der Waals surface area contributed by atoms with Crippen LogP contribution in [0.1, 0.15) is 65.2 Å². The number of carbonyl (C=O) groups is 2.